The Labute approximate surface area is 101 Å². The van der Waals surface area contributed by atoms with Gasteiger partial charge < -0.3 is 4.74 Å². The Morgan fingerprint density at radius 3 is 2.94 bits per heavy atom. The second-order valence-corrected chi connectivity index (χ2v) is 5.40. The van der Waals surface area contributed by atoms with Gasteiger partial charge in [-0.15, -0.1) is 0 Å². The van der Waals surface area contributed by atoms with Crippen LogP contribution in [0.15, 0.2) is 23.3 Å². The van der Waals surface area contributed by atoms with Gasteiger partial charge in [-0.25, -0.2) is 0 Å². The number of Topliss-reactive ketones (excluding diaryl/α,β-unsaturated/α-hetero) is 1. The van der Waals surface area contributed by atoms with Crippen molar-refractivity contribution in [1.82, 2.24) is 0 Å². The van der Waals surface area contributed by atoms with Gasteiger partial charge in [0.15, 0.2) is 5.60 Å². The van der Waals surface area contributed by atoms with Crippen LogP contribution in [-0.4, -0.2) is 17.4 Å². The van der Waals surface area contributed by atoms with Crippen molar-refractivity contribution in [3.05, 3.63) is 23.3 Å². The molecule has 0 amide bonds. The highest BCUT2D eigenvalue weighted by Crippen LogP contribution is 2.48. The molecule has 0 aromatic carbocycles. The molecule has 3 unspecified atom stereocenters. The third-order valence-corrected chi connectivity index (χ3v) is 4.43. The minimum atomic E-state index is -0.902. The van der Waals surface area contributed by atoms with Gasteiger partial charge in [0.2, 0.25) is 5.78 Å². The van der Waals surface area contributed by atoms with E-state index in [4.69, 9.17) is 4.74 Å². The first-order valence-corrected chi connectivity index (χ1v) is 6.20. The molecule has 0 saturated carbocycles. The number of carbonyl (C=O) groups excluding carboxylic acids is 2. The van der Waals surface area contributed by atoms with E-state index >= 15 is 0 Å². The Bertz CT molecular complexity index is 472. The van der Waals surface area contributed by atoms with Gasteiger partial charge in [-0.1, -0.05) is 19.1 Å². The van der Waals surface area contributed by atoms with Crippen LogP contribution in [0.5, 0.6) is 0 Å². The number of carbonyl (C=O) groups is 2. The van der Waals surface area contributed by atoms with Crippen LogP contribution in [0.2, 0.25) is 0 Å². The summed E-state index contributed by atoms with van der Waals surface area (Å²) < 4.78 is 5.38. The second kappa shape index (κ2) is 3.31. The van der Waals surface area contributed by atoms with Crippen LogP contribution in [0, 0.1) is 11.8 Å². The maximum absolute atomic E-state index is 12.5. The van der Waals surface area contributed by atoms with Gasteiger partial charge in [0.05, 0.1) is 5.92 Å². The van der Waals surface area contributed by atoms with Crippen molar-refractivity contribution in [1.29, 1.82) is 0 Å². The first-order chi connectivity index (χ1) is 8.04. The first kappa shape index (κ1) is 10.8. The van der Waals surface area contributed by atoms with Gasteiger partial charge in [0.1, 0.15) is 0 Å². The van der Waals surface area contributed by atoms with Gasteiger partial charge in [-0.05, 0) is 31.8 Å². The number of allylic oxidation sites excluding steroid dienone is 3. The molecule has 0 N–H and O–H groups in total. The summed E-state index contributed by atoms with van der Waals surface area (Å²) in [7, 11) is 0. The first-order valence-electron chi connectivity index (χ1n) is 6.20. The van der Waals surface area contributed by atoms with Crippen molar-refractivity contribution in [2.75, 3.05) is 0 Å². The van der Waals surface area contributed by atoms with E-state index in [0.717, 1.165) is 30.4 Å². The van der Waals surface area contributed by atoms with Gasteiger partial charge >= 0.3 is 5.97 Å². The van der Waals surface area contributed by atoms with Gasteiger partial charge in [0, 0.05) is 11.5 Å². The van der Waals surface area contributed by atoms with Crippen LogP contribution in [-0.2, 0) is 14.3 Å². The molecule has 3 atom stereocenters. The molecule has 1 aliphatic heterocycles. The van der Waals surface area contributed by atoms with Crippen molar-refractivity contribution >= 4 is 11.8 Å². The highest BCUT2D eigenvalue weighted by Gasteiger charge is 2.58. The Morgan fingerprint density at radius 2 is 2.18 bits per heavy atom. The molecule has 0 aromatic rings. The average molecular weight is 232 g/mol. The highest BCUT2D eigenvalue weighted by atomic mass is 16.6. The van der Waals surface area contributed by atoms with Crippen LogP contribution in [0.3, 0.4) is 0 Å². The summed E-state index contributed by atoms with van der Waals surface area (Å²) in [6.07, 6.45) is 6.65. The quantitative estimate of drug-likeness (QED) is 0.601. The molecular formula is C14H16O3. The molecule has 17 heavy (non-hydrogen) atoms. The fourth-order valence-corrected chi connectivity index (χ4v) is 3.31. The van der Waals surface area contributed by atoms with E-state index < -0.39 is 5.60 Å². The molecule has 0 spiro atoms. The second-order valence-electron chi connectivity index (χ2n) is 5.40. The predicted octanol–water partition coefficient (Wildman–Crippen LogP) is 2.17. The molecule has 0 radical (unpaired) electrons. The minimum Gasteiger partial charge on any atom is -0.450 e. The lowest BCUT2D eigenvalue weighted by atomic mass is 9.68. The Morgan fingerprint density at radius 1 is 1.41 bits per heavy atom. The molecule has 3 heteroatoms. The monoisotopic (exact) mass is 232 g/mol. The predicted molar refractivity (Wildman–Crippen MR) is 62.2 cm³/mol. The van der Waals surface area contributed by atoms with Gasteiger partial charge in [-0.3, -0.25) is 9.59 Å². The van der Waals surface area contributed by atoms with E-state index in [9.17, 15) is 9.59 Å². The van der Waals surface area contributed by atoms with E-state index in [1.165, 1.54) is 0 Å². The molecular weight excluding hydrogens is 216 g/mol. The van der Waals surface area contributed by atoms with Crippen LogP contribution in [0.1, 0.15) is 33.1 Å². The van der Waals surface area contributed by atoms with Crippen molar-refractivity contribution in [2.45, 2.75) is 38.7 Å². The van der Waals surface area contributed by atoms with E-state index in [1.807, 2.05) is 13.0 Å². The fraction of sp³-hybridized carbons (Fsp3) is 0.571. The summed E-state index contributed by atoms with van der Waals surface area (Å²) in [5.74, 6) is -0.363. The molecule has 1 heterocycles. The van der Waals surface area contributed by atoms with Gasteiger partial charge in [0.25, 0.3) is 0 Å². The molecule has 1 fully saturated rings. The van der Waals surface area contributed by atoms with Crippen molar-refractivity contribution < 1.29 is 14.3 Å². The molecule has 3 rings (SSSR count). The molecule has 1 saturated heterocycles. The van der Waals surface area contributed by atoms with Crippen molar-refractivity contribution in [3.8, 4) is 0 Å². The lowest BCUT2D eigenvalue weighted by Crippen LogP contribution is -2.46. The van der Waals surface area contributed by atoms with Crippen molar-refractivity contribution in [3.63, 3.8) is 0 Å². The fourth-order valence-electron chi connectivity index (χ4n) is 3.31. The molecule has 0 aromatic heterocycles. The van der Waals surface area contributed by atoms with Crippen LogP contribution >= 0.6 is 0 Å². The Balaban J connectivity index is 2.08. The number of ether oxygens (including phenoxy) is 1. The van der Waals surface area contributed by atoms with E-state index in [-0.39, 0.29) is 23.6 Å². The largest absolute Gasteiger partial charge is 0.450 e. The number of hydrogen-bond donors (Lipinski definition) is 0. The summed E-state index contributed by atoms with van der Waals surface area (Å²) in [4.78, 5) is 24.2. The van der Waals surface area contributed by atoms with E-state index in [0.29, 0.717) is 0 Å². The zero-order valence-corrected chi connectivity index (χ0v) is 10.2. The SMILES string of the molecule is CC1C(=O)OC2(C)C(=O)C3=C(C=CCC3)CC12. The number of esters is 1. The topological polar surface area (TPSA) is 43.4 Å². The Hall–Kier alpha value is -1.38. The summed E-state index contributed by atoms with van der Waals surface area (Å²) in [6.45, 7) is 3.65. The lowest BCUT2D eigenvalue weighted by molar-refractivity contribution is -0.157. The number of hydrogen-bond acceptors (Lipinski definition) is 3. The maximum Gasteiger partial charge on any atom is 0.310 e. The summed E-state index contributed by atoms with van der Waals surface area (Å²) >= 11 is 0. The Kier molecular flexibility index (Phi) is 2.09. The maximum atomic E-state index is 12.5. The summed E-state index contributed by atoms with van der Waals surface area (Å²) in [5.41, 5.74) is 1.10. The molecule has 90 valence electrons. The third kappa shape index (κ3) is 1.28. The van der Waals surface area contributed by atoms with Crippen LogP contribution in [0.4, 0.5) is 0 Å². The smallest absolute Gasteiger partial charge is 0.310 e. The zero-order chi connectivity index (χ0) is 12.2. The van der Waals surface area contributed by atoms with Gasteiger partial charge in [-0.2, -0.15) is 0 Å². The highest BCUT2D eigenvalue weighted by molar-refractivity contribution is 6.06. The lowest BCUT2D eigenvalue weighted by Gasteiger charge is -2.36. The summed E-state index contributed by atoms with van der Waals surface area (Å²) in [5, 5.41) is 0. The number of fused-ring (bicyclic) bond motifs is 1. The molecule has 3 aliphatic rings. The van der Waals surface area contributed by atoms with E-state index in [2.05, 4.69) is 6.08 Å². The van der Waals surface area contributed by atoms with Crippen molar-refractivity contribution in [2.24, 2.45) is 11.8 Å². The molecule has 3 nitrogen and oxygen atoms in total. The normalized spacial score (nSPS) is 40.1. The number of ketones is 1. The molecule has 0 bridgehead atoms. The van der Waals surface area contributed by atoms with E-state index in [1.54, 1.807) is 6.92 Å². The minimum absolute atomic E-state index is 0.00370. The third-order valence-electron chi connectivity index (χ3n) is 4.43. The van der Waals surface area contributed by atoms with Crippen LogP contribution < -0.4 is 0 Å². The number of rotatable bonds is 0. The average Bonchev–Trinajstić information content (AvgIpc) is 2.54. The molecule has 2 aliphatic carbocycles. The van der Waals surface area contributed by atoms with Crippen LogP contribution in [0.25, 0.3) is 0 Å². The zero-order valence-electron chi connectivity index (χ0n) is 10.2. The standard InChI is InChI=1S/C14H16O3/c1-8-11-7-9-5-3-4-6-10(9)12(15)14(11,2)17-13(8)16/h3,5,8,11H,4,6-7H2,1-2H3. The summed E-state index contributed by atoms with van der Waals surface area (Å²) in [6, 6.07) is 0.